The quantitative estimate of drug-likeness (QED) is 0.121. The highest BCUT2D eigenvalue weighted by molar-refractivity contribution is 6.74. The van der Waals surface area contributed by atoms with Crippen LogP contribution in [0.25, 0.3) is 28.0 Å². The molecule has 55 heavy (non-hydrogen) atoms. The Morgan fingerprint density at radius 1 is 1.07 bits per heavy atom. The number of hydrogen-bond donors (Lipinski definition) is 0. The lowest BCUT2D eigenvalue weighted by Crippen LogP contribution is -2.59. The van der Waals surface area contributed by atoms with Crippen LogP contribution in [0.1, 0.15) is 96.8 Å². The molecular weight excluding hydrogens is 739 g/mol. The molecule has 296 valence electrons. The van der Waals surface area contributed by atoms with Gasteiger partial charge in [0, 0.05) is 49.1 Å². The van der Waals surface area contributed by atoms with Gasteiger partial charge < -0.3 is 19.0 Å². The summed E-state index contributed by atoms with van der Waals surface area (Å²) in [6, 6.07) is 7.07. The Morgan fingerprint density at radius 3 is 2.38 bits per heavy atom. The van der Waals surface area contributed by atoms with Gasteiger partial charge in [-0.2, -0.15) is 4.98 Å². The minimum absolute atomic E-state index is 0.00372. The second-order valence-electron chi connectivity index (χ2n) is 17.3. The van der Waals surface area contributed by atoms with Gasteiger partial charge in [-0.05, 0) is 88.9 Å². The zero-order valence-electron chi connectivity index (χ0n) is 34.1. The van der Waals surface area contributed by atoms with Crippen molar-refractivity contribution in [2.45, 2.75) is 117 Å². The van der Waals surface area contributed by atoms with E-state index < -0.39 is 31.5 Å². The molecule has 2 atom stereocenters. The summed E-state index contributed by atoms with van der Waals surface area (Å²) in [4.78, 5) is 58.2. The molecule has 1 aromatic carbocycles. The van der Waals surface area contributed by atoms with Crippen molar-refractivity contribution in [1.82, 2.24) is 24.4 Å². The Morgan fingerprint density at radius 2 is 1.76 bits per heavy atom. The zero-order chi connectivity index (χ0) is 40.8. The summed E-state index contributed by atoms with van der Waals surface area (Å²) in [5.41, 5.74) is 0.847. The molecule has 1 saturated heterocycles. The standard InChI is InChI=1S/C41H54ClFN6O5Si/c1-24(2)33-35(27(16-18-44-33)17-19-53-55(11,12)41(8,9)10)49-37-29(20-30(42)34(45-37)32-28(23-50)14-13-15-31(32)43)36(46-38(49)51)47-21-26(4)48(22-25(47)3)39(52)54-40(5,6)7/h13-16,18,20,23-26H,17,19,21-22H2,1-12H3/t25-,26-/m0/s1. The van der Waals surface area contributed by atoms with Gasteiger partial charge in [0.1, 0.15) is 17.2 Å². The SMILES string of the molecule is CC(C)c1nccc(CCO[Si](C)(C)C(C)(C)C)c1-n1c(=O)nc(N2C[C@H](C)N(C(=O)OC(C)(C)C)C[C@@H]2C)c2cc(Cl)c(-c3c(F)cccc3C=O)nc21. The third-order valence-electron chi connectivity index (χ3n) is 10.5. The average molecular weight is 793 g/mol. The zero-order valence-corrected chi connectivity index (χ0v) is 35.8. The van der Waals surface area contributed by atoms with Crippen LogP contribution < -0.4 is 10.6 Å². The van der Waals surface area contributed by atoms with Crippen LogP contribution in [-0.2, 0) is 15.6 Å². The van der Waals surface area contributed by atoms with Crippen LogP contribution >= 0.6 is 11.6 Å². The van der Waals surface area contributed by atoms with Gasteiger partial charge >= 0.3 is 11.8 Å². The van der Waals surface area contributed by atoms with Crippen LogP contribution in [0.15, 0.2) is 41.3 Å². The van der Waals surface area contributed by atoms with Crippen LogP contribution in [0.2, 0.25) is 23.2 Å². The number of benzene rings is 1. The van der Waals surface area contributed by atoms with Gasteiger partial charge in [0.2, 0.25) is 0 Å². The molecule has 4 heterocycles. The first kappa shape index (κ1) is 41.9. The highest BCUT2D eigenvalue weighted by Crippen LogP contribution is 2.39. The number of aldehydes is 1. The van der Waals surface area contributed by atoms with Crippen molar-refractivity contribution >= 4 is 49.1 Å². The minimum Gasteiger partial charge on any atom is -0.444 e. The number of carbonyl (C=O) groups is 2. The molecule has 4 aromatic rings. The predicted molar refractivity (Wildman–Crippen MR) is 219 cm³/mol. The van der Waals surface area contributed by atoms with E-state index in [0.717, 1.165) is 5.56 Å². The van der Waals surface area contributed by atoms with E-state index in [1.807, 2.05) is 59.4 Å². The minimum atomic E-state index is -2.10. The maximum atomic E-state index is 15.6. The van der Waals surface area contributed by atoms with E-state index in [1.54, 1.807) is 17.2 Å². The lowest BCUT2D eigenvalue weighted by Gasteiger charge is -2.44. The first-order chi connectivity index (χ1) is 25.6. The maximum absolute atomic E-state index is 15.6. The van der Waals surface area contributed by atoms with E-state index in [2.05, 4.69) is 33.9 Å². The van der Waals surface area contributed by atoms with Crippen LogP contribution in [0, 0.1) is 5.82 Å². The molecule has 0 N–H and O–H groups in total. The molecule has 0 radical (unpaired) electrons. The number of pyridine rings is 2. The average Bonchev–Trinajstić information content (AvgIpc) is 3.07. The van der Waals surface area contributed by atoms with Crippen molar-refractivity contribution in [3.05, 3.63) is 74.7 Å². The van der Waals surface area contributed by atoms with Gasteiger partial charge in [-0.25, -0.2) is 23.5 Å². The molecule has 0 unspecified atom stereocenters. The molecule has 0 spiro atoms. The van der Waals surface area contributed by atoms with Gasteiger partial charge in [0.25, 0.3) is 0 Å². The molecule has 1 fully saturated rings. The number of halogens is 2. The number of fused-ring (bicyclic) bond motifs is 1. The highest BCUT2D eigenvalue weighted by atomic mass is 35.5. The van der Waals surface area contributed by atoms with Crippen molar-refractivity contribution < 1.29 is 23.1 Å². The van der Waals surface area contributed by atoms with Crippen LogP contribution in [-0.4, -0.2) is 82.5 Å². The Bertz CT molecular complexity index is 2160. The van der Waals surface area contributed by atoms with Crippen molar-refractivity contribution in [3.8, 4) is 16.9 Å². The number of hydrogen-bond acceptors (Lipinski definition) is 9. The van der Waals surface area contributed by atoms with E-state index in [0.29, 0.717) is 55.0 Å². The third-order valence-corrected chi connectivity index (χ3v) is 15.4. The summed E-state index contributed by atoms with van der Waals surface area (Å²) in [6.45, 7) is 25.3. The Hall–Kier alpha value is -4.20. The lowest BCUT2D eigenvalue weighted by atomic mass is 10.0. The summed E-state index contributed by atoms with van der Waals surface area (Å²) in [6.07, 6.45) is 2.34. The molecular formula is C41H54ClFN6O5Si. The fourth-order valence-corrected chi connectivity index (χ4v) is 7.91. The molecule has 5 rings (SSSR count). The Balaban J connectivity index is 1.77. The van der Waals surface area contributed by atoms with E-state index >= 15 is 4.39 Å². The van der Waals surface area contributed by atoms with Gasteiger partial charge in [-0.3, -0.25) is 9.78 Å². The van der Waals surface area contributed by atoms with Crippen molar-refractivity contribution in [2.24, 2.45) is 0 Å². The molecule has 3 aromatic heterocycles. The third kappa shape index (κ3) is 8.63. The number of anilines is 1. The number of carbonyl (C=O) groups excluding carboxylic acids is 2. The summed E-state index contributed by atoms with van der Waals surface area (Å²) in [7, 11) is -2.10. The Labute approximate surface area is 329 Å². The first-order valence-corrected chi connectivity index (χ1v) is 22.1. The predicted octanol–water partition coefficient (Wildman–Crippen LogP) is 8.97. The van der Waals surface area contributed by atoms with E-state index in [1.165, 1.54) is 22.8 Å². The summed E-state index contributed by atoms with van der Waals surface area (Å²) >= 11 is 6.97. The maximum Gasteiger partial charge on any atom is 0.410 e. The largest absolute Gasteiger partial charge is 0.444 e. The number of amides is 1. The number of rotatable bonds is 9. The number of piperazine rings is 1. The molecule has 1 aliphatic rings. The summed E-state index contributed by atoms with van der Waals surface area (Å²) in [5.74, 6) is -0.475. The second kappa shape index (κ2) is 15.7. The summed E-state index contributed by atoms with van der Waals surface area (Å²) in [5, 5.41) is 0.508. The smallest absolute Gasteiger partial charge is 0.410 e. The molecule has 11 nitrogen and oxygen atoms in total. The van der Waals surface area contributed by atoms with Gasteiger partial charge in [-0.15, -0.1) is 0 Å². The van der Waals surface area contributed by atoms with Crippen molar-refractivity contribution in [1.29, 1.82) is 0 Å². The van der Waals surface area contributed by atoms with Gasteiger partial charge in [-0.1, -0.05) is 58.4 Å². The first-order valence-electron chi connectivity index (χ1n) is 18.8. The molecule has 1 aliphatic heterocycles. The second-order valence-corrected chi connectivity index (χ2v) is 22.5. The fraction of sp³-hybridized carbons (Fsp3) is 0.512. The fourth-order valence-electron chi connectivity index (χ4n) is 6.61. The highest BCUT2D eigenvalue weighted by Gasteiger charge is 2.38. The van der Waals surface area contributed by atoms with Crippen LogP contribution in [0.4, 0.5) is 15.0 Å². The van der Waals surface area contributed by atoms with E-state index in [4.69, 9.17) is 35.7 Å². The lowest BCUT2D eigenvalue weighted by molar-refractivity contribution is 0.0130. The van der Waals surface area contributed by atoms with Crippen molar-refractivity contribution in [3.63, 3.8) is 0 Å². The van der Waals surface area contributed by atoms with Crippen LogP contribution in [0.3, 0.4) is 0 Å². The molecule has 14 heteroatoms. The number of ether oxygens (including phenoxy) is 1. The monoisotopic (exact) mass is 792 g/mol. The number of nitrogens with zero attached hydrogens (tertiary/aromatic N) is 6. The molecule has 0 aliphatic carbocycles. The van der Waals surface area contributed by atoms with Crippen LogP contribution in [0.5, 0.6) is 0 Å². The molecule has 1 amide bonds. The van der Waals surface area contributed by atoms with Gasteiger partial charge in [0.15, 0.2) is 20.3 Å². The Kier molecular flexibility index (Phi) is 12.0. The summed E-state index contributed by atoms with van der Waals surface area (Å²) < 4.78 is 29.3. The normalized spacial score (nSPS) is 16.9. The van der Waals surface area contributed by atoms with E-state index in [9.17, 15) is 14.4 Å². The topological polar surface area (TPSA) is 120 Å². The number of aromatic nitrogens is 4. The van der Waals surface area contributed by atoms with Gasteiger partial charge in [0.05, 0.1) is 27.5 Å². The molecule has 0 saturated carbocycles. The van der Waals surface area contributed by atoms with E-state index in [-0.39, 0.29) is 50.5 Å². The van der Waals surface area contributed by atoms with Crippen molar-refractivity contribution in [2.75, 3.05) is 24.6 Å². The molecule has 0 bridgehead atoms.